The zero-order chi connectivity index (χ0) is 16.5. The highest BCUT2D eigenvalue weighted by Crippen LogP contribution is 2.32. The van der Waals surface area contributed by atoms with Crippen molar-refractivity contribution in [3.8, 4) is 16.9 Å². The first-order valence-corrected chi connectivity index (χ1v) is 7.58. The fourth-order valence-corrected chi connectivity index (χ4v) is 2.88. The summed E-state index contributed by atoms with van der Waals surface area (Å²) in [5.74, 6) is -0.280. The van der Waals surface area contributed by atoms with Gasteiger partial charge in [0.1, 0.15) is 5.75 Å². The molecular formula is C20H14N2O2. The van der Waals surface area contributed by atoms with Gasteiger partial charge in [-0.1, -0.05) is 18.2 Å². The summed E-state index contributed by atoms with van der Waals surface area (Å²) in [5.41, 5.74) is 3.64. The summed E-state index contributed by atoms with van der Waals surface area (Å²) in [6.07, 6.45) is 5.00. The van der Waals surface area contributed by atoms with E-state index in [0.29, 0.717) is 5.56 Å². The average Bonchev–Trinajstić information content (AvgIpc) is 3.11. The number of hydrogen-bond acceptors (Lipinski definition) is 3. The first kappa shape index (κ1) is 14.2. The van der Waals surface area contributed by atoms with Crippen molar-refractivity contribution >= 4 is 16.7 Å². The molecule has 4 aromatic rings. The molecule has 0 fully saturated rings. The predicted octanol–water partition coefficient (Wildman–Crippen LogP) is 4.17. The van der Waals surface area contributed by atoms with Crippen LogP contribution in [0.3, 0.4) is 0 Å². The van der Waals surface area contributed by atoms with E-state index >= 15 is 0 Å². The number of phenols is 1. The van der Waals surface area contributed by atoms with Crippen LogP contribution in [0.1, 0.15) is 15.9 Å². The standard InChI is InChI=1S/C20H14N2O2/c23-19-7-6-13(15-4-1-5-18-16(15)8-10-22-18)11-17(19)20(24)14-3-2-9-21-12-14/h1-12,22-23H. The van der Waals surface area contributed by atoms with E-state index in [0.717, 1.165) is 22.0 Å². The lowest BCUT2D eigenvalue weighted by atomic mass is 9.96. The van der Waals surface area contributed by atoms with Gasteiger partial charge in [0.25, 0.3) is 0 Å². The molecule has 4 rings (SSSR count). The predicted molar refractivity (Wildman–Crippen MR) is 93.1 cm³/mol. The Labute approximate surface area is 138 Å². The Morgan fingerprint density at radius 1 is 1.04 bits per heavy atom. The van der Waals surface area contributed by atoms with Crippen LogP contribution in [0.15, 0.2) is 73.2 Å². The minimum absolute atomic E-state index is 0.0335. The number of rotatable bonds is 3. The fraction of sp³-hybridized carbons (Fsp3) is 0. The van der Waals surface area contributed by atoms with E-state index in [1.807, 2.05) is 36.5 Å². The van der Waals surface area contributed by atoms with E-state index in [-0.39, 0.29) is 17.1 Å². The van der Waals surface area contributed by atoms with Crippen molar-refractivity contribution in [2.24, 2.45) is 0 Å². The van der Waals surface area contributed by atoms with Crippen molar-refractivity contribution in [3.63, 3.8) is 0 Å². The minimum Gasteiger partial charge on any atom is -0.507 e. The summed E-state index contributed by atoms with van der Waals surface area (Å²) in [5, 5.41) is 11.2. The highest BCUT2D eigenvalue weighted by atomic mass is 16.3. The summed E-state index contributed by atoms with van der Waals surface area (Å²) < 4.78 is 0. The second kappa shape index (κ2) is 5.66. The minimum atomic E-state index is -0.247. The Bertz CT molecular complexity index is 1040. The van der Waals surface area contributed by atoms with E-state index in [4.69, 9.17) is 0 Å². The van der Waals surface area contributed by atoms with Crippen molar-refractivity contribution in [1.29, 1.82) is 0 Å². The number of nitrogens with zero attached hydrogens (tertiary/aromatic N) is 1. The van der Waals surface area contributed by atoms with Gasteiger partial charge in [-0.25, -0.2) is 0 Å². The molecule has 0 aliphatic heterocycles. The smallest absolute Gasteiger partial charge is 0.198 e. The number of carbonyl (C=O) groups is 1. The Balaban J connectivity index is 1.85. The largest absolute Gasteiger partial charge is 0.507 e. The highest BCUT2D eigenvalue weighted by molar-refractivity contribution is 6.11. The maximum absolute atomic E-state index is 12.7. The third-order valence-corrected chi connectivity index (χ3v) is 4.07. The number of nitrogens with one attached hydrogen (secondary N) is 1. The van der Waals surface area contributed by atoms with Crippen LogP contribution in [-0.4, -0.2) is 20.9 Å². The van der Waals surface area contributed by atoms with E-state index in [1.54, 1.807) is 30.5 Å². The average molecular weight is 314 g/mol. The number of ketones is 1. The van der Waals surface area contributed by atoms with Crippen molar-refractivity contribution in [2.75, 3.05) is 0 Å². The lowest BCUT2D eigenvalue weighted by Crippen LogP contribution is -2.02. The van der Waals surface area contributed by atoms with Crippen molar-refractivity contribution < 1.29 is 9.90 Å². The van der Waals surface area contributed by atoms with E-state index in [1.165, 1.54) is 6.20 Å². The molecule has 4 heteroatoms. The maximum Gasteiger partial charge on any atom is 0.198 e. The normalized spacial score (nSPS) is 10.8. The van der Waals surface area contributed by atoms with E-state index < -0.39 is 0 Å². The molecule has 4 nitrogen and oxygen atoms in total. The molecule has 0 atom stereocenters. The van der Waals surface area contributed by atoms with Crippen molar-refractivity contribution in [3.05, 3.63) is 84.3 Å². The van der Waals surface area contributed by atoms with Crippen molar-refractivity contribution in [2.45, 2.75) is 0 Å². The van der Waals surface area contributed by atoms with Crippen LogP contribution >= 0.6 is 0 Å². The van der Waals surface area contributed by atoms with Gasteiger partial charge in [0.2, 0.25) is 0 Å². The molecule has 2 heterocycles. The highest BCUT2D eigenvalue weighted by Gasteiger charge is 2.15. The summed E-state index contributed by atoms with van der Waals surface area (Å²) in [6, 6.07) is 16.5. The van der Waals surface area contributed by atoms with Gasteiger partial charge in [0.15, 0.2) is 5.78 Å². The number of pyridine rings is 1. The molecule has 0 radical (unpaired) electrons. The zero-order valence-corrected chi connectivity index (χ0v) is 12.7. The number of aromatic amines is 1. The van der Waals surface area contributed by atoms with Crippen LogP contribution in [0, 0.1) is 0 Å². The number of fused-ring (bicyclic) bond motifs is 1. The molecule has 0 saturated carbocycles. The SMILES string of the molecule is O=C(c1cccnc1)c1cc(-c2cccc3[nH]ccc23)ccc1O. The Morgan fingerprint density at radius 2 is 1.96 bits per heavy atom. The van der Waals surface area contributed by atoms with Gasteiger partial charge < -0.3 is 10.1 Å². The molecule has 0 bridgehead atoms. The van der Waals surface area contributed by atoms with Gasteiger partial charge in [-0.2, -0.15) is 0 Å². The molecule has 2 N–H and O–H groups in total. The zero-order valence-electron chi connectivity index (χ0n) is 12.7. The van der Waals surface area contributed by atoms with Crippen LogP contribution < -0.4 is 0 Å². The molecule has 0 saturated heterocycles. The second-order valence-corrected chi connectivity index (χ2v) is 5.55. The quantitative estimate of drug-likeness (QED) is 0.558. The number of hydrogen-bond donors (Lipinski definition) is 2. The Kier molecular flexibility index (Phi) is 3.35. The van der Waals surface area contributed by atoms with Gasteiger partial charge in [0.05, 0.1) is 5.56 Å². The van der Waals surface area contributed by atoms with Gasteiger partial charge in [0, 0.05) is 35.1 Å². The van der Waals surface area contributed by atoms with Crippen LogP contribution in [0.4, 0.5) is 0 Å². The topological polar surface area (TPSA) is 66.0 Å². The molecule has 2 aromatic heterocycles. The van der Waals surface area contributed by atoms with Crippen molar-refractivity contribution in [1.82, 2.24) is 9.97 Å². The summed E-state index contributed by atoms with van der Waals surface area (Å²) in [4.78, 5) is 19.8. The Hall–Kier alpha value is -3.40. The summed E-state index contributed by atoms with van der Waals surface area (Å²) in [7, 11) is 0. The van der Waals surface area contributed by atoms with Gasteiger partial charge in [-0.05, 0) is 47.5 Å². The van der Waals surface area contributed by atoms with Gasteiger partial charge in [-0.15, -0.1) is 0 Å². The summed E-state index contributed by atoms with van der Waals surface area (Å²) >= 11 is 0. The summed E-state index contributed by atoms with van der Waals surface area (Å²) in [6.45, 7) is 0. The first-order chi connectivity index (χ1) is 11.7. The monoisotopic (exact) mass is 314 g/mol. The molecular weight excluding hydrogens is 300 g/mol. The number of benzene rings is 2. The molecule has 0 aliphatic carbocycles. The molecule has 0 amide bonds. The van der Waals surface area contributed by atoms with Crippen LogP contribution in [-0.2, 0) is 0 Å². The lowest BCUT2D eigenvalue weighted by Gasteiger charge is -2.09. The molecule has 0 unspecified atom stereocenters. The fourth-order valence-electron chi connectivity index (χ4n) is 2.88. The van der Waals surface area contributed by atoms with Gasteiger partial charge in [-0.3, -0.25) is 9.78 Å². The third-order valence-electron chi connectivity index (χ3n) is 4.07. The number of phenolic OH excluding ortho intramolecular Hbond substituents is 1. The molecule has 0 aliphatic rings. The Morgan fingerprint density at radius 3 is 2.79 bits per heavy atom. The van der Waals surface area contributed by atoms with Gasteiger partial charge >= 0.3 is 0 Å². The van der Waals surface area contributed by atoms with Crippen LogP contribution in [0.5, 0.6) is 5.75 Å². The first-order valence-electron chi connectivity index (χ1n) is 7.58. The van der Waals surface area contributed by atoms with E-state index in [2.05, 4.69) is 9.97 Å². The number of aromatic hydroxyl groups is 1. The third kappa shape index (κ3) is 2.34. The molecule has 2 aromatic carbocycles. The second-order valence-electron chi connectivity index (χ2n) is 5.55. The molecule has 116 valence electrons. The molecule has 24 heavy (non-hydrogen) atoms. The van der Waals surface area contributed by atoms with Crippen LogP contribution in [0.25, 0.3) is 22.0 Å². The van der Waals surface area contributed by atoms with Crippen LogP contribution in [0.2, 0.25) is 0 Å². The number of aromatic nitrogens is 2. The van der Waals surface area contributed by atoms with E-state index in [9.17, 15) is 9.90 Å². The number of H-pyrrole nitrogens is 1. The maximum atomic E-state index is 12.7. The number of carbonyl (C=O) groups excluding carboxylic acids is 1. The molecule has 0 spiro atoms. The lowest BCUT2D eigenvalue weighted by molar-refractivity contribution is 0.103.